The molecular formula is C15H14FNO5S. The first kappa shape index (κ1) is 16.8. The molecule has 122 valence electrons. The van der Waals surface area contributed by atoms with Gasteiger partial charge in [-0.25, -0.2) is 17.6 Å². The number of carbonyl (C=O) groups is 1. The van der Waals surface area contributed by atoms with Gasteiger partial charge < -0.3 is 9.84 Å². The van der Waals surface area contributed by atoms with E-state index in [1.165, 1.54) is 24.3 Å². The Morgan fingerprint density at radius 3 is 2.43 bits per heavy atom. The van der Waals surface area contributed by atoms with Gasteiger partial charge in [-0.05, 0) is 49.4 Å². The third kappa shape index (κ3) is 3.98. The van der Waals surface area contributed by atoms with Crippen molar-refractivity contribution in [2.24, 2.45) is 0 Å². The lowest BCUT2D eigenvalue weighted by molar-refractivity contribution is 0.0697. The summed E-state index contributed by atoms with van der Waals surface area (Å²) >= 11 is 0. The fourth-order valence-electron chi connectivity index (χ4n) is 1.87. The van der Waals surface area contributed by atoms with Gasteiger partial charge in [-0.15, -0.1) is 0 Å². The van der Waals surface area contributed by atoms with Crippen LogP contribution in [0, 0.1) is 5.82 Å². The Balaban J connectivity index is 2.33. The number of sulfonamides is 1. The fourth-order valence-corrected chi connectivity index (χ4v) is 2.95. The predicted molar refractivity (Wildman–Crippen MR) is 81.8 cm³/mol. The number of nitrogens with one attached hydrogen (secondary N) is 1. The van der Waals surface area contributed by atoms with Gasteiger partial charge in [0.15, 0.2) is 0 Å². The molecule has 0 atom stereocenters. The van der Waals surface area contributed by atoms with Crippen LogP contribution in [0.2, 0.25) is 0 Å². The molecule has 23 heavy (non-hydrogen) atoms. The fraction of sp³-hybridized carbons (Fsp3) is 0.133. The zero-order valence-electron chi connectivity index (χ0n) is 12.1. The van der Waals surface area contributed by atoms with E-state index in [0.29, 0.717) is 12.4 Å². The van der Waals surface area contributed by atoms with E-state index in [0.717, 1.165) is 18.2 Å². The molecule has 2 aromatic carbocycles. The molecule has 2 rings (SSSR count). The molecule has 0 aliphatic carbocycles. The normalized spacial score (nSPS) is 11.0. The van der Waals surface area contributed by atoms with Crippen LogP contribution in [0.3, 0.4) is 0 Å². The Hall–Kier alpha value is -2.61. The predicted octanol–water partition coefficient (Wildman–Crippen LogP) is 2.72. The average Bonchev–Trinajstić information content (AvgIpc) is 2.49. The number of carboxylic acid groups (broad SMARTS) is 1. The van der Waals surface area contributed by atoms with Crippen molar-refractivity contribution in [1.82, 2.24) is 0 Å². The van der Waals surface area contributed by atoms with Gasteiger partial charge in [0.05, 0.1) is 22.8 Å². The molecule has 8 heteroatoms. The van der Waals surface area contributed by atoms with Crippen LogP contribution in [0.15, 0.2) is 47.4 Å². The first-order valence-electron chi connectivity index (χ1n) is 6.62. The molecule has 0 unspecified atom stereocenters. The lowest BCUT2D eigenvalue weighted by Crippen LogP contribution is -2.15. The van der Waals surface area contributed by atoms with Crippen molar-refractivity contribution in [2.45, 2.75) is 11.8 Å². The molecule has 0 bridgehead atoms. The molecule has 0 saturated carbocycles. The third-order valence-electron chi connectivity index (χ3n) is 2.90. The molecule has 2 aromatic rings. The van der Waals surface area contributed by atoms with E-state index in [4.69, 9.17) is 9.84 Å². The second-order valence-corrected chi connectivity index (χ2v) is 6.19. The number of hydrogen-bond donors (Lipinski definition) is 2. The van der Waals surface area contributed by atoms with E-state index < -0.39 is 27.4 Å². The van der Waals surface area contributed by atoms with Crippen LogP contribution in [-0.4, -0.2) is 26.1 Å². The molecular weight excluding hydrogens is 325 g/mol. The largest absolute Gasteiger partial charge is 0.494 e. The summed E-state index contributed by atoms with van der Waals surface area (Å²) in [6.07, 6.45) is 0. The number of rotatable bonds is 6. The summed E-state index contributed by atoms with van der Waals surface area (Å²) in [5.41, 5.74) is -0.688. The second-order valence-electron chi connectivity index (χ2n) is 4.50. The maximum absolute atomic E-state index is 13.1. The van der Waals surface area contributed by atoms with Gasteiger partial charge in [-0.2, -0.15) is 0 Å². The van der Waals surface area contributed by atoms with Crippen LogP contribution < -0.4 is 9.46 Å². The first-order chi connectivity index (χ1) is 10.8. The van der Waals surface area contributed by atoms with Crippen molar-refractivity contribution in [3.63, 3.8) is 0 Å². The zero-order chi connectivity index (χ0) is 17.0. The van der Waals surface area contributed by atoms with Gasteiger partial charge in [-0.1, -0.05) is 0 Å². The van der Waals surface area contributed by atoms with Gasteiger partial charge in [0.1, 0.15) is 11.6 Å². The number of ether oxygens (including phenoxy) is 1. The molecule has 0 spiro atoms. The minimum absolute atomic E-state index is 0.0679. The standard InChI is InChI=1S/C15H14FNO5S/c1-2-22-11-4-6-12(7-5-11)23(20,21)17-14-8-3-10(16)9-13(14)15(18)19/h3-9,17H,2H2,1H3,(H,18,19). The van der Waals surface area contributed by atoms with Gasteiger partial charge in [-0.3, -0.25) is 4.72 Å². The van der Waals surface area contributed by atoms with E-state index in [1.807, 2.05) is 0 Å². The summed E-state index contributed by atoms with van der Waals surface area (Å²) in [6.45, 7) is 2.25. The summed E-state index contributed by atoms with van der Waals surface area (Å²) in [7, 11) is -4.01. The van der Waals surface area contributed by atoms with Crippen molar-refractivity contribution >= 4 is 21.7 Å². The average molecular weight is 339 g/mol. The highest BCUT2D eigenvalue weighted by Gasteiger charge is 2.19. The van der Waals surface area contributed by atoms with E-state index in [2.05, 4.69) is 4.72 Å². The summed E-state index contributed by atoms with van der Waals surface area (Å²) in [4.78, 5) is 11.0. The topological polar surface area (TPSA) is 92.7 Å². The van der Waals surface area contributed by atoms with Crippen LogP contribution in [-0.2, 0) is 10.0 Å². The van der Waals surface area contributed by atoms with Crippen LogP contribution in [0.5, 0.6) is 5.75 Å². The number of aromatic carboxylic acids is 1. The van der Waals surface area contributed by atoms with Crippen molar-refractivity contribution in [1.29, 1.82) is 0 Å². The quantitative estimate of drug-likeness (QED) is 0.844. The maximum atomic E-state index is 13.1. The second kappa shape index (κ2) is 6.66. The number of halogens is 1. The highest BCUT2D eigenvalue weighted by molar-refractivity contribution is 7.92. The summed E-state index contributed by atoms with van der Waals surface area (Å²) < 4.78 is 45.1. The highest BCUT2D eigenvalue weighted by atomic mass is 32.2. The number of benzene rings is 2. The first-order valence-corrected chi connectivity index (χ1v) is 8.10. The smallest absolute Gasteiger partial charge is 0.337 e. The van der Waals surface area contributed by atoms with E-state index in [9.17, 15) is 17.6 Å². The lowest BCUT2D eigenvalue weighted by atomic mass is 10.2. The minimum atomic E-state index is -4.01. The molecule has 0 aliphatic rings. The van der Waals surface area contributed by atoms with Crippen LogP contribution >= 0.6 is 0 Å². The Labute approximate surface area is 132 Å². The van der Waals surface area contributed by atoms with Crippen LogP contribution in [0.1, 0.15) is 17.3 Å². The molecule has 0 radical (unpaired) electrons. The number of carboxylic acids is 1. The van der Waals surface area contributed by atoms with E-state index in [-0.39, 0.29) is 10.6 Å². The monoisotopic (exact) mass is 339 g/mol. The number of hydrogen-bond acceptors (Lipinski definition) is 4. The highest BCUT2D eigenvalue weighted by Crippen LogP contribution is 2.22. The van der Waals surface area contributed by atoms with Crippen molar-refractivity contribution in [2.75, 3.05) is 11.3 Å². The molecule has 0 saturated heterocycles. The zero-order valence-corrected chi connectivity index (χ0v) is 12.9. The summed E-state index contributed by atoms with van der Waals surface area (Å²) in [5, 5.41) is 9.03. The Kier molecular flexibility index (Phi) is 4.85. The van der Waals surface area contributed by atoms with Crippen molar-refractivity contribution in [3.05, 3.63) is 53.8 Å². The van der Waals surface area contributed by atoms with Crippen LogP contribution in [0.25, 0.3) is 0 Å². The van der Waals surface area contributed by atoms with Gasteiger partial charge in [0.2, 0.25) is 0 Å². The van der Waals surface area contributed by atoms with Crippen molar-refractivity contribution in [3.8, 4) is 5.75 Å². The molecule has 0 heterocycles. The Morgan fingerprint density at radius 2 is 1.87 bits per heavy atom. The maximum Gasteiger partial charge on any atom is 0.337 e. The molecule has 6 nitrogen and oxygen atoms in total. The SMILES string of the molecule is CCOc1ccc(S(=O)(=O)Nc2ccc(F)cc2C(=O)O)cc1. The molecule has 0 aliphatic heterocycles. The van der Waals surface area contributed by atoms with Gasteiger partial charge in [0, 0.05) is 0 Å². The number of anilines is 1. The third-order valence-corrected chi connectivity index (χ3v) is 4.28. The van der Waals surface area contributed by atoms with Gasteiger partial charge in [0.25, 0.3) is 10.0 Å². The summed E-state index contributed by atoms with van der Waals surface area (Å²) in [5.74, 6) is -1.69. The molecule has 0 amide bonds. The Bertz CT molecular complexity index is 818. The van der Waals surface area contributed by atoms with Crippen LogP contribution in [0.4, 0.5) is 10.1 Å². The lowest BCUT2D eigenvalue weighted by Gasteiger charge is -2.11. The van der Waals surface area contributed by atoms with Gasteiger partial charge >= 0.3 is 5.97 Å². The Morgan fingerprint density at radius 1 is 1.22 bits per heavy atom. The minimum Gasteiger partial charge on any atom is -0.494 e. The molecule has 2 N–H and O–H groups in total. The summed E-state index contributed by atoms with van der Waals surface area (Å²) in [6, 6.07) is 8.42. The van der Waals surface area contributed by atoms with E-state index >= 15 is 0 Å². The molecule has 0 fully saturated rings. The van der Waals surface area contributed by atoms with Crippen molar-refractivity contribution < 1.29 is 27.4 Å². The van der Waals surface area contributed by atoms with E-state index in [1.54, 1.807) is 6.92 Å². The molecule has 0 aromatic heterocycles.